The van der Waals surface area contributed by atoms with Crippen LogP contribution in [0.3, 0.4) is 0 Å². The Bertz CT molecular complexity index is 429. The molecule has 2 N–H and O–H groups in total. The Morgan fingerprint density at radius 3 is 2.53 bits per heavy atom. The molecule has 4 heteroatoms. The molecule has 1 rings (SSSR count). The second kappa shape index (κ2) is 4.84. The van der Waals surface area contributed by atoms with E-state index in [4.69, 9.17) is 5.73 Å². The summed E-state index contributed by atoms with van der Waals surface area (Å²) in [6.07, 6.45) is 0. The molecule has 0 fully saturated rings. The average molecular weight is 239 g/mol. The van der Waals surface area contributed by atoms with Crippen LogP contribution in [0.4, 0.5) is 4.39 Å². The number of rotatable bonds is 3. The number of carbonyl (C=O) groups excluding carboxylic acids is 1. The van der Waals surface area contributed by atoms with Crippen LogP contribution in [-0.2, 0) is 14.9 Å². The van der Waals surface area contributed by atoms with E-state index in [0.717, 1.165) is 5.56 Å². The Labute approximate surface area is 101 Å². The Morgan fingerprint density at radius 2 is 2.06 bits per heavy atom. The molecular formula is C13H18FNO2. The third-order valence-corrected chi connectivity index (χ3v) is 3.13. The molecule has 0 aromatic heterocycles. The van der Waals surface area contributed by atoms with Gasteiger partial charge in [0.05, 0.1) is 7.11 Å². The molecule has 0 heterocycles. The van der Waals surface area contributed by atoms with E-state index in [1.54, 1.807) is 19.1 Å². The Hall–Kier alpha value is -1.42. The third kappa shape index (κ3) is 2.64. The monoisotopic (exact) mass is 239 g/mol. The minimum absolute atomic E-state index is 0.267. The summed E-state index contributed by atoms with van der Waals surface area (Å²) in [6, 6.07) is 3.96. The van der Waals surface area contributed by atoms with Gasteiger partial charge in [-0.1, -0.05) is 26.0 Å². The maximum Gasteiger partial charge on any atom is 0.323 e. The van der Waals surface area contributed by atoms with E-state index in [1.165, 1.54) is 13.2 Å². The summed E-state index contributed by atoms with van der Waals surface area (Å²) >= 11 is 0. The van der Waals surface area contributed by atoms with Crippen LogP contribution < -0.4 is 5.73 Å². The first-order valence-electron chi connectivity index (χ1n) is 5.40. The summed E-state index contributed by atoms with van der Waals surface area (Å²) < 4.78 is 17.8. The summed E-state index contributed by atoms with van der Waals surface area (Å²) in [5.74, 6) is -0.742. The second-order valence-corrected chi connectivity index (χ2v) is 4.69. The van der Waals surface area contributed by atoms with Gasteiger partial charge in [0, 0.05) is 5.41 Å². The van der Waals surface area contributed by atoms with Gasteiger partial charge in [0.1, 0.15) is 11.9 Å². The van der Waals surface area contributed by atoms with Gasteiger partial charge in [-0.25, -0.2) is 4.39 Å². The van der Waals surface area contributed by atoms with Crippen LogP contribution in [0.1, 0.15) is 25.0 Å². The summed E-state index contributed by atoms with van der Waals surface area (Å²) in [5.41, 5.74) is 6.60. The number of esters is 1. The van der Waals surface area contributed by atoms with Gasteiger partial charge in [0.2, 0.25) is 0 Å². The lowest BCUT2D eigenvalue weighted by Gasteiger charge is -2.30. The molecule has 1 aromatic rings. The number of nitrogens with two attached hydrogens (primary N) is 1. The van der Waals surface area contributed by atoms with Crippen molar-refractivity contribution in [1.29, 1.82) is 0 Å². The fourth-order valence-electron chi connectivity index (χ4n) is 1.65. The van der Waals surface area contributed by atoms with Gasteiger partial charge >= 0.3 is 5.97 Å². The lowest BCUT2D eigenvalue weighted by Crippen LogP contribution is -2.47. The lowest BCUT2D eigenvalue weighted by molar-refractivity contribution is -0.143. The van der Waals surface area contributed by atoms with E-state index in [2.05, 4.69) is 4.74 Å². The minimum Gasteiger partial charge on any atom is -0.468 e. The number of benzene rings is 1. The molecule has 0 saturated heterocycles. The number of carbonyl (C=O) groups is 1. The molecule has 0 aliphatic heterocycles. The standard InChI is InChI=1S/C13H18FNO2/c1-8-7-9(5-6-10(8)14)13(2,3)11(15)12(16)17-4/h5-7,11H,15H2,1-4H3. The van der Waals surface area contributed by atoms with E-state index < -0.39 is 17.4 Å². The minimum atomic E-state index is -0.780. The van der Waals surface area contributed by atoms with Crippen LogP contribution >= 0.6 is 0 Å². The molecule has 0 bridgehead atoms. The van der Waals surface area contributed by atoms with Crippen molar-refractivity contribution in [2.45, 2.75) is 32.2 Å². The van der Waals surface area contributed by atoms with E-state index >= 15 is 0 Å². The number of methoxy groups -OCH3 is 1. The van der Waals surface area contributed by atoms with Crippen molar-refractivity contribution in [2.24, 2.45) is 5.73 Å². The fraction of sp³-hybridized carbons (Fsp3) is 0.462. The molecule has 1 atom stereocenters. The highest BCUT2D eigenvalue weighted by atomic mass is 19.1. The Kier molecular flexibility index (Phi) is 3.88. The largest absolute Gasteiger partial charge is 0.468 e. The zero-order valence-electron chi connectivity index (χ0n) is 10.6. The van der Waals surface area contributed by atoms with Gasteiger partial charge in [0.25, 0.3) is 0 Å². The number of hydrogen-bond acceptors (Lipinski definition) is 3. The topological polar surface area (TPSA) is 52.3 Å². The van der Waals surface area contributed by atoms with E-state index in [1.807, 2.05) is 13.8 Å². The number of hydrogen-bond donors (Lipinski definition) is 1. The fourth-order valence-corrected chi connectivity index (χ4v) is 1.65. The van der Waals surface area contributed by atoms with Crippen molar-refractivity contribution >= 4 is 5.97 Å². The smallest absolute Gasteiger partial charge is 0.323 e. The van der Waals surface area contributed by atoms with Gasteiger partial charge in [-0.05, 0) is 24.1 Å². The third-order valence-electron chi connectivity index (χ3n) is 3.13. The first kappa shape index (κ1) is 13.6. The highest BCUT2D eigenvalue weighted by Crippen LogP contribution is 2.28. The highest BCUT2D eigenvalue weighted by molar-refractivity contribution is 5.77. The molecule has 1 unspecified atom stereocenters. The Morgan fingerprint density at radius 1 is 1.47 bits per heavy atom. The van der Waals surface area contributed by atoms with E-state index in [-0.39, 0.29) is 5.82 Å². The van der Waals surface area contributed by atoms with Gasteiger partial charge in [-0.2, -0.15) is 0 Å². The molecule has 0 amide bonds. The predicted octanol–water partition coefficient (Wildman–Crippen LogP) is 1.91. The van der Waals surface area contributed by atoms with Crippen LogP contribution in [0, 0.1) is 12.7 Å². The van der Waals surface area contributed by atoms with E-state index in [0.29, 0.717) is 5.56 Å². The SMILES string of the molecule is COC(=O)C(N)C(C)(C)c1ccc(F)c(C)c1. The summed E-state index contributed by atoms with van der Waals surface area (Å²) in [4.78, 5) is 11.5. The molecule has 94 valence electrons. The van der Waals surface area contributed by atoms with Gasteiger partial charge in [-0.3, -0.25) is 4.79 Å². The molecule has 17 heavy (non-hydrogen) atoms. The van der Waals surface area contributed by atoms with Crippen molar-refractivity contribution in [2.75, 3.05) is 7.11 Å². The molecular weight excluding hydrogens is 221 g/mol. The second-order valence-electron chi connectivity index (χ2n) is 4.69. The Balaban J connectivity index is 3.11. The highest BCUT2D eigenvalue weighted by Gasteiger charge is 2.34. The molecule has 0 aliphatic rings. The van der Waals surface area contributed by atoms with Gasteiger partial charge in [-0.15, -0.1) is 0 Å². The average Bonchev–Trinajstić information content (AvgIpc) is 2.30. The van der Waals surface area contributed by atoms with Crippen LogP contribution in [0.25, 0.3) is 0 Å². The first-order chi connectivity index (χ1) is 7.80. The summed E-state index contributed by atoms with van der Waals surface area (Å²) in [7, 11) is 1.30. The van der Waals surface area contributed by atoms with Crippen molar-refractivity contribution in [1.82, 2.24) is 0 Å². The molecule has 3 nitrogen and oxygen atoms in total. The number of aryl methyl sites for hydroxylation is 1. The van der Waals surface area contributed by atoms with Gasteiger partial charge in [0.15, 0.2) is 0 Å². The molecule has 0 radical (unpaired) electrons. The zero-order valence-corrected chi connectivity index (χ0v) is 10.6. The van der Waals surface area contributed by atoms with Crippen LogP contribution in [0.5, 0.6) is 0 Å². The summed E-state index contributed by atoms with van der Waals surface area (Å²) in [6.45, 7) is 5.35. The maximum absolute atomic E-state index is 13.2. The molecule has 0 saturated carbocycles. The van der Waals surface area contributed by atoms with Crippen molar-refractivity contribution in [3.63, 3.8) is 0 Å². The number of halogens is 1. The van der Waals surface area contributed by atoms with Crippen molar-refractivity contribution in [3.8, 4) is 0 Å². The maximum atomic E-state index is 13.2. The van der Waals surface area contributed by atoms with Crippen molar-refractivity contribution < 1.29 is 13.9 Å². The van der Waals surface area contributed by atoms with Crippen LogP contribution in [0.2, 0.25) is 0 Å². The lowest BCUT2D eigenvalue weighted by atomic mass is 9.77. The quantitative estimate of drug-likeness (QED) is 0.820. The zero-order chi connectivity index (χ0) is 13.2. The first-order valence-corrected chi connectivity index (χ1v) is 5.40. The summed E-state index contributed by atoms with van der Waals surface area (Å²) in [5, 5.41) is 0. The predicted molar refractivity (Wildman–Crippen MR) is 64.2 cm³/mol. The molecule has 1 aromatic carbocycles. The molecule has 0 aliphatic carbocycles. The van der Waals surface area contributed by atoms with Crippen LogP contribution in [0.15, 0.2) is 18.2 Å². The normalized spacial score (nSPS) is 13.3. The van der Waals surface area contributed by atoms with Crippen LogP contribution in [-0.4, -0.2) is 19.1 Å². The molecule has 0 spiro atoms. The number of ether oxygens (including phenoxy) is 1. The van der Waals surface area contributed by atoms with Crippen molar-refractivity contribution in [3.05, 3.63) is 35.1 Å². The van der Waals surface area contributed by atoms with Gasteiger partial charge < -0.3 is 10.5 Å². The van der Waals surface area contributed by atoms with E-state index in [9.17, 15) is 9.18 Å².